The Morgan fingerprint density at radius 1 is 1.16 bits per heavy atom. The van der Waals surface area contributed by atoms with E-state index in [2.05, 4.69) is 10.3 Å². The molecule has 98 valence electrons. The van der Waals surface area contributed by atoms with Gasteiger partial charge in [0.2, 0.25) is 5.56 Å². The largest absolute Gasteiger partial charge is 0.378 e. The number of pyridine rings is 1. The van der Waals surface area contributed by atoms with Crippen molar-refractivity contribution in [1.29, 1.82) is 0 Å². The van der Waals surface area contributed by atoms with E-state index in [1.54, 1.807) is 18.2 Å². The summed E-state index contributed by atoms with van der Waals surface area (Å²) < 4.78 is 0. The number of rotatable bonds is 3. The highest BCUT2D eigenvalue weighted by atomic mass is 16.2. The molecule has 0 radical (unpaired) electrons. The Morgan fingerprint density at radius 3 is 2.58 bits per heavy atom. The van der Waals surface area contributed by atoms with Crippen molar-refractivity contribution < 1.29 is 4.79 Å². The average Bonchev–Trinajstić information content (AvgIpc) is 2.39. The molecule has 0 spiro atoms. The van der Waals surface area contributed by atoms with Gasteiger partial charge in [0.05, 0.1) is 0 Å². The minimum absolute atomic E-state index is 0.239. The zero-order valence-corrected chi connectivity index (χ0v) is 10.8. The molecule has 0 saturated carbocycles. The predicted molar refractivity (Wildman–Crippen MR) is 75.8 cm³/mol. The third-order valence-electron chi connectivity index (χ3n) is 2.63. The topological polar surface area (TPSA) is 65.2 Å². The molecule has 0 aliphatic carbocycles. The molecule has 19 heavy (non-hydrogen) atoms. The Labute approximate surface area is 110 Å². The summed E-state index contributed by atoms with van der Waals surface area (Å²) in [5.74, 6) is -0.339. The van der Waals surface area contributed by atoms with Gasteiger partial charge in [-0.15, -0.1) is 0 Å². The van der Waals surface area contributed by atoms with Crippen LogP contribution in [0.1, 0.15) is 10.5 Å². The standard InChI is InChI=1S/C14H15N3O2/c1-17(2)11-6-3-5-10(9-11)15-14(19)12-7-4-8-13(18)16-12/h3-9H,1-2H3,(H,15,19)(H,16,18). The van der Waals surface area contributed by atoms with E-state index in [9.17, 15) is 9.59 Å². The van der Waals surface area contributed by atoms with E-state index in [0.717, 1.165) is 5.69 Å². The molecule has 0 saturated heterocycles. The third-order valence-corrected chi connectivity index (χ3v) is 2.63. The molecule has 1 aromatic heterocycles. The summed E-state index contributed by atoms with van der Waals surface area (Å²) in [6.45, 7) is 0. The number of anilines is 2. The summed E-state index contributed by atoms with van der Waals surface area (Å²) in [5, 5.41) is 2.74. The van der Waals surface area contributed by atoms with Gasteiger partial charge in [-0.05, 0) is 24.3 Å². The Hall–Kier alpha value is -2.56. The van der Waals surface area contributed by atoms with Crippen LogP contribution in [-0.4, -0.2) is 25.0 Å². The lowest BCUT2D eigenvalue weighted by Crippen LogP contribution is -2.18. The number of carbonyl (C=O) groups is 1. The molecule has 5 nitrogen and oxygen atoms in total. The molecule has 0 aliphatic heterocycles. The van der Waals surface area contributed by atoms with Crippen LogP contribution in [0.3, 0.4) is 0 Å². The quantitative estimate of drug-likeness (QED) is 0.879. The maximum atomic E-state index is 12.0. The number of hydrogen-bond acceptors (Lipinski definition) is 3. The van der Waals surface area contributed by atoms with Gasteiger partial charge in [-0.1, -0.05) is 12.1 Å². The summed E-state index contributed by atoms with van der Waals surface area (Å²) in [6, 6.07) is 11.9. The van der Waals surface area contributed by atoms with Crippen molar-refractivity contribution in [2.45, 2.75) is 0 Å². The lowest BCUT2D eigenvalue weighted by atomic mass is 10.2. The van der Waals surface area contributed by atoms with E-state index in [4.69, 9.17) is 0 Å². The van der Waals surface area contributed by atoms with Crippen LogP contribution in [0.15, 0.2) is 47.3 Å². The minimum atomic E-state index is -0.339. The first-order valence-electron chi connectivity index (χ1n) is 5.84. The number of benzene rings is 1. The molecule has 2 N–H and O–H groups in total. The Kier molecular flexibility index (Phi) is 3.66. The molecule has 2 aromatic rings. The Balaban J connectivity index is 2.19. The summed E-state index contributed by atoms with van der Waals surface area (Å²) in [6.07, 6.45) is 0. The van der Waals surface area contributed by atoms with Crippen molar-refractivity contribution in [3.63, 3.8) is 0 Å². The second-order valence-electron chi connectivity index (χ2n) is 4.33. The van der Waals surface area contributed by atoms with Gasteiger partial charge >= 0.3 is 0 Å². The highest BCUT2D eigenvalue weighted by molar-refractivity contribution is 6.03. The molecule has 0 unspecified atom stereocenters. The van der Waals surface area contributed by atoms with Gasteiger partial charge in [-0.25, -0.2) is 0 Å². The van der Waals surface area contributed by atoms with Gasteiger partial charge < -0.3 is 15.2 Å². The molecular formula is C14H15N3O2. The van der Waals surface area contributed by atoms with Crippen LogP contribution in [0.5, 0.6) is 0 Å². The number of carbonyl (C=O) groups excluding carboxylic acids is 1. The second kappa shape index (κ2) is 5.39. The van der Waals surface area contributed by atoms with Crippen molar-refractivity contribution in [2.24, 2.45) is 0 Å². The molecule has 2 rings (SSSR count). The van der Waals surface area contributed by atoms with E-state index in [0.29, 0.717) is 5.69 Å². The van der Waals surface area contributed by atoms with Crippen LogP contribution in [0.25, 0.3) is 0 Å². The fourth-order valence-corrected chi connectivity index (χ4v) is 1.64. The molecule has 0 bridgehead atoms. The van der Waals surface area contributed by atoms with E-state index < -0.39 is 0 Å². The molecule has 1 aromatic carbocycles. The fourth-order valence-electron chi connectivity index (χ4n) is 1.64. The Morgan fingerprint density at radius 2 is 1.89 bits per heavy atom. The van der Waals surface area contributed by atoms with Crippen LogP contribution < -0.4 is 15.8 Å². The summed E-state index contributed by atoms with van der Waals surface area (Å²) in [7, 11) is 3.85. The third kappa shape index (κ3) is 3.22. The summed E-state index contributed by atoms with van der Waals surface area (Å²) >= 11 is 0. The van der Waals surface area contributed by atoms with E-state index in [-0.39, 0.29) is 17.2 Å². The van der Waals surface area contributed by atoms with Gasteiger partial charge in [-0.2, -0.15) is 0 Å². The molecule has 1 amide bonds. The van der Waals surface area contributed by atoms with Crippen LogP contribution in [0, 0.1) is 0 Å². The predicted octanol–water partition coefficient (Wildman–Crippen LogP) is 1.69. The zero-order chi connectivity index (χ0) is 13.8. The van der Waals surface area contributed by atoms with E-state index >= 15 is 0 Å². The number of hydrogen-bond donors (Lipinski definition) is 2. The second-order valence-corrected chi connectivity index (χ2v) is 4.33. The van der Waals surface area contributed by atoms with Gasteiger partial charge in [0.1, 0.15) is 5.69 Å². The molecule has 0 aliphatic rings. The number of nitrogens with one attached hydrogen (secondary N) is 2. The van der Waals surface area contributed by atoms with E-state index in [1.165, 1.54) is 6.07 Å². The van der Waals surface area contributed by atoms with Crippen LogP contribution in [0.4, 0.5) is 11.4 Å². The van der Waals surface area contributed by atoms with Crippen LogP contribution in [0.2, 0.25) is 0 Å². The molecule has 0 atom stereocenters. The number of amides is 1. The van der Waals surface area contributed by atoms with E-state index in [1.807, 2.05) is 37.2 Å². The van der Waals surface area contributed by atoms with Gasteiger partial charge in [0.15, 0.2) is 0 Å². The molecule has 0 fully saturated rings. The highest BCUT2D eigenvalue weighted by Gasteiger charge is 2.07. The number of nitrogens with zero attached hydrogens (tertiary/aromatic N) is 1. The molecule has 1 heterocycles. The summed E-state index contributed by atoms with van der Waals surface area (Å²) in [5.41, 5.74) is 1.61. The first kappa shape index (κ1) is 12.9. The van der Waals surface area contributed by atoms with Gasteiger partial charge in [-0.3, -0.25) is 9.59 Å². The molecule has 5 heteroatoms. The monoisotopic (exact) mass is 257 g/mol. The first-order chi connectivity index (χ1) is 9.06. The number of aromatic amines is 1. The van der Waals surface area contributed by atoms with Crippen LogP contribution in [-0.2, 0) is 0 Å². The first-order valence-corrected chi connectivity index (χ1v) is 5.84. The summed E-state index contributed by atoms with van der Waals surface area (Å²) in [4.78, 5) is 27.5. The fraction of sp³-hybridized carbons (Fsp3) is 0.143. The number of aromatic nitrogens is 1. The van der Waals surface area contributed by atoms with Gasteiger partial charge in [0.25, 0.3) is 5.91 Å². The normalized spacial score (nSPS) is 10.0. The minimum Gasteiger partial charge on any atom is -0.378 e. The lowest BCUT2D eigenvalue weighted by Gasteiger charge is -2.13. The van der Waals surface area contributed by atoms with Crippen molar-refractivity contribution >= 4 is 17.3 Å². The maximum Gasteiger partial charge on any atom is 0.272 e. The maximum absolute atomic E-state index is 12.0. The average molecular weight is 257 g/mol. The molecular weight excluding hydrogens is 242 g/mol. The SMILES string of the molecule is CN(C)c1cccc(NC(=O)c2cccc(=O)[nH]2)c1. The van der Waals surface area contributed by atoms with Crippen molar-refractivity contribution in [1.82, 2.24) is 4.98 Å². The number of H-pyrrole nitrogens is 1. The lowest BCUT2D eigenvalue weighted by molar-refractivity contribution is 0.102. The zero-order valence-electron chi connectivity index (χ0n) is 10.8. The van der Waals surface area contributed by atoms with Crippen molar-refractivity contribution in [3.8, 4) is 0 Å². The highest BCUT2D eigenvalue weighted by Crippen LogP contribution is 2.17. The van der Waals surface area contributed by atoms with Crippen LogP contribution >= 0.6 is 0 Å². The van der Waals surface area contributed by atoms with Crippen molar-refractivity contribution in [2.75, 3.05) is 24.3 Å². The van der Waals surface area contributed by atoms with Crippen molar-refractivity contribution in [3.05, 3.63) is 58.5 Å². The Bertz CT molecular complexity index is 647. The smallest absolute Gasteiger partial charge is 0.272 e. The van der Waals surface area contributed by atoms with Gasteiger partial charge in [0, 0.05) is 31.5 Å².